The summed E-state index contributed by atoms with van der Waals surface area (Å²) < 4.78 is 12.2. The number of para-hydroxylation sites is 1. The van der Waals surface area contributed by atoms with Gasteiger partial charge in [0.25, 0.3) is 5.69 Å². The molecule has 1 aromatic carbocycles. The molecule has 1 fully saturated rings. The molecule has 0 bridgehead atoms. The molecule has 2 unspecified atom stereocenters. The Morgan fingerprint density at radius 1 is 1.31 bits per heavy atom. The topological polar surface area (TPSA) is 61.6 Å². The third-order valence-electron chi connectivity index (χ3n) is 5.12. The van der Waals surface area contributed by atoms with Crippen LogP contribution in [-0.2, 0) is 9.16 Å². The number of nitro groups is 1. The van der Waals surface area contributed by atoms with E-state index in [4.69, 9.17) is 9.16 Å². The van der Waals surface area contributed by atoms with Crippen LogP contribution in [0.15, 0.2) is 30.3 Å². The smallest absolute Gasteiger partial charge is 0.258 e. The van der Waals surface area contributed by atoms with Crippen molar-refractivity contribution >= 4 is 30.0 Å². The van der Waals surface area contributed by atoms with Crippen LogP contribution in [0.1, 0.15) is 33.6 Å². The van der Waals surface area contributed by atoms with E-state index in [1.54, 1.807) is 18.2 Å². The fourth-order valence-electron chi connectivity index (χ4n) is 2.47. The summed E-state index contributed by atoms with van der Waals surface area (Å²) in [4.78, 5) is 9.59. The Balaban J connectivity index is 0.000000314. The van der Waals surface area contributed by atoms with E-state index < -0.39 is 13.2 Å². The Kier molecular flexibility index (Phi) is 9.48. The van der Waals surface area contributed by atoms with Crippen LogP contribution in [0, 0.1) is 16.0 Å². The van der Waals surface area contributed by atoms with Crippen molar-refractivity contribution in [2.24, 2.45) is 5.92 Å². The van der Waals surface area contributed by atoms with Crippen LogP contribution in [0.2, 0.25) is 23.5 Å². The maximum Gasteiger partial charge on any atom is 0.269 e. The van der Waals surface area contributed by atoms with Gasteiger partial charge in [-0.3, -0.25) is 10.1 Å². The molecule has 0 N–H and O–H groups in total. The predicted octanol–water partition coefficient (Wildman–Crippen LogP) is 4.72. The number of nitro benzene ring substituents is 1. The molecule has 0 saturated carbocycles. The molecule has 1 aromatic rings. The zero-order chi connectivity index (χ0) is 19.8. The number of benzene rings is 1. The number of hydrogen-bond donors (Lipinski definition) is 0. The summed E-state index contributed by atoms with van der Waals surface area (Å²) in [6, 6.07) is 7.93. The monoisotopic (exact) mass is 447 g/mol. The number of nitrogens with zero attached hydrogens (tertiary/aromatic N) is 1. The molecule has 148 valence electrons. The minimum absolute atomic E-state index is 0.137. The van der Waals surface area contributed by atoms with Gasteiger partial charge >= 0.3 is 116 Å². The predicted molar refractivity (Wildman–Crippen MR) is 111 cm³/mol. The Labute approximate surface area is 166 Å². The molecule has 1 aliphatic heterocycles. The van der Waals surface area contributed by atoms with Crippen LogP contribution in [0.3, 0.4) is 0 Å². The molecule has 0 aromatic heterocycles. The van der Waals surface area contributed by atoms with Crippen LogP contribution in [0.5, 0.6) is 0 Å². The van der Waals surface area contributed by atoms with Gasteiger partial charge in [0.05, 0.1) is 4.92 Å². The normalized spacial score (nSPS) is 20.8. The third-order valence-corrected chi connectivity index (χ3v) is 10.2. The van der Waals surface area contributed by atoms with E-state index in [0.29, 0.717) is 17.1 Å². The molecule has 2 atom stereocenters. The van der Waals surface area contributed by atoms with Crippen LogP contribution in [0.4, 0.5) is 5.69 Å². The summed E-state index contributed by atoms with van der Waals surface area (Å²) in [5.41, 5.74) is 0.137. The number of hydrogen-bond acceptors (Lipinski definition) is 4. The standard InChI is InChI=1S/C13H28O2SeSi.C6H5NO2/c1-13(2,3)17(4,5)15-12-6-8-14-10-11(12)7-9-16;8-7(9)6-4-2-1-3-5-6/h11-12,16H,6-10H2,1-5H3;1-5H. The molecule has 0 amide bonds. The van der Waals surface area contributed by atoms with E-state index in [9.17, 15) is 10.1 Å². The number of rotatable bonds is 5. The molecule has 0 aliphatic carbocycles. The van der Waals surface area contributed by atoms with Gasteiger partial charge in [-0.1, -0.05) is 18.2 Å². The van der Waals surface area contributed by atoms with Crippen molar-refractivity contribution in [3.63, 3.8) is 0 Å². The second kappa shape index (κ2) is 10.6. The van der Waals surface area contributed by atoms with Gasteiger partial charge in [0.1, 0.15) is 0 Å². The summed E-state index contributed by atoms with van der Waals surface area (Å²) in [6.45, 7) is 13.4. The molecule has 26 heavy (non-hydrogen) atoms. The molecular formula is C19H33NO4SeSi. The first-order valence-electron chi connectivity index (χ1n) is 9.14. The van der Waals surface area contributed by atoms with E-state index in [2.05, 4.69) is 49.9 Å². The summed E-state index contributed by atoms with van der Waals surface area (Å²) in [5.74, 6) is 0.598. The molecule has 0 spiro atoms. The molecule has 1 aliphatic rings. The zero-order valence-corrected chi connectivity index (χ0v) is 19.5. The fraction of sp³-hybridized carbons (Fsp3) is 0.684. The van der Waals surface area contributed by atoms with E-state index in [1.165, 1.54) is 23.9 Å². The summed E-state index contributed by atoms with van der Waals surface area (Å²) in [5, 5.41) is 11.5. The van der Waals surface area contributed by atoms with Crippen molar-refractivity contribution in [1.29, 1.82) is 0 Å². The Hall–Kier alpha value is -0.724. The minimum atomic E-state index is -1.62. The summed E-state index contributed by atoms with van der Waals surface area (Å²) >= 11 is 2.68. The Morgan fingerprint density at radius 3 is 2.38 bits per heavy atom. The number of non-ortho nitro benzene ring substituents is 1. The van der Waals surface area contributed by atoms with Gasteiger partial charge in [-0.15, -0.1) is 0 Å². The first kappa shape index (κ1) is 23.3. The van der Waals surface area contributed by atoms with Gasteiger partial charge in [-0.25, -0.2) is 0 Å². The van der Waals surface area contributed by atoms with Gasteiger partial charge in [0.2, 0.25) is 0 Å². The van der Waals surface area contributed by atoms with Crippen LogP contribution < -0.4 is 0 Å². The van der Waals surface area contributed by atoms with Crippen molar-refractivity contribution in [2.75, 3.05) is 13.2 Å². The third kappa shape index (κ3) is 7.49. The van der Waals surface area contributed by atoms with Crippen molar-refractivity contribution in [3.05, 3.63) is 40.4 Å². The maximum absolute atomic E-state index is 10.0. The van der Waals surface area contributed by atoms with E-state index in [0.717, 1.165) is 19.6 Å². The molecule has 5 nitrogen and oxygen atoms in total. The largest absolute Gasteiger partial charge is 0.269 e. The Morgan fingerprint density at radius 2 is 1.92 bits per heavy atom. The minimum Gasteiger partial charge on any atom is -0.258 e. The first-order chi connectivity index (χ1) is 12.1. The van der Waals surface area contributed by atoms with Crippen molar-refractivity contribution in [3.8, 4) is 0 Å². The molecular weight excluding hydrogens is 413 g/mol. The van der Waals surface area contributed by atoms with Gasteiger partial charge < -0.3 is 0 Å². The van der Waals surface area contributed by atoms with Crippen molar-refractivity contribution in [2.45, 2.75) is 63.2 Å². The average Bonchev–Trinajstić information content (AvgIpc) is 2.57. The first-order valence-corrected chi connectivity index (χ1v) is 13.4. The summed E-state index contributed by atoms with van der Waals surface area (Å²) in [6.07, 6.45) is 2.71. The molecule has 1 saturated heterocycles. The van der Waals surface area contributed by atoms with Crippen LogP contribution in [-0.4, -0.2) is 48.6 Å². The van der Waals surface area contributed by atoms with E-state index in [1.807, 2.05) is 0 Å². The second-order valence-electron chi connectivity index (χ2n) is 8.15. The molecule has 0 radical (unpaired) electrons. The maximum atomic E-state index is 10.0. The average molecular weight is 447 g/mol. The molecule has 7 heteroatoms. The quantitative estimate of drug-likeness (QED) is 0.373. The fourth-order valence-corrected chi connectivity index (χ4v) is 4.59. The van der Waals surface area contributed by atoms with Crippen molar-refractivity contribution in [1.82, 2.24) is 0 Å². The summed E-state index contributed by atoms with van der Waals surface area (Å²) in [7, 11) is -1.62. The zero-order valence-electron chi connectivity index (χ0n) is 16.6. The van der Waals surface area contributed by atoms with Crippen molar-refractivity contribution < 1.29 is 14.1 Å². The van der Waals surface area contributed by atoms with Gasteiger partial charge in [-0.05, 0) is 0 Å². The van der Waals surface area contributed by atoms with Crippen LogP contribution >= 0.6 is 0 Å². The van der Waals surface area contributed by atoms with Gasteiger partial charge in [0.15, 0.2) is 0 Å². The van der Waals surface area contributed by atoms with Gasteiger partial charge in [0, 0.05) is 12.1 Å². The van der Waals surface area contributed by atoms with E-state index >= 15 is 0 Å². The van der Waals surface area contributed by atoms with E-state index in [-0.39, 0.29) is 5.69 Å². The molecule has 2 rings (SSSR count). The number of ether oxygens (including phenoxy) is 1. The van der Waals surface area contributed by atoms with Gasteiger partial charge in [-0.2, -0.15) is 0 Å². The SMILES string of the molecule is CC(C)(C)[Si](C)(C)OC1CCOCC1CC[SeH].O=[N+]([O-])c1ccccc1. The second-order valence-corrected chi connectivity index (χ2v) is 13.8. The molecule has 1 heterocycles. The Bertz CT molecular complexity index is 546. The van der Waals surface area contributed by atoms with Crippen LogP contribution in [0.25, 0.3) is 0 Å².